The van der Waals surface area contributed by atoms with E-state index in [9.17, 15) is 0 Å². The summed E-state index contributed by atoms with van der Waals surface area (Å²) in [6.07, 6.45) is 5.09. The van der Waals surface area contributed by atoms with Crippen molar-refractivity contribution < 1.29 is 0 Å². The Hall–Kier alpha value is -0.730. The van der Waals surface area contributed by atoms with Crippen LogP contribution >= 0.6 is 11.6 Å². The summed E-state index contributed by atoms with van der Waals surface area (Å²) in [4.78, 5) is 2.40. The average molecular weight is 281 g/mol. The van der Waals surface area contributed by atoms with Gasteiger partial charge in [-0.15, -0.1) is 0 Å². The topological polar surface area (TPSA) is 15.3 Å². The second kappa shape index (κ2) is 7.16. The highest BCUT2D eigenvalue weighted by Gasteiger charge is 2.20. The predicted octanol–water partition coefficient (Wildman–Crippen LogP) is 4.22. The number of halogens is 1. The maximum absolute atomic E-state index is 6.40. The number of hydrogen-bond donors (Lipinski definition) is 1. The lowest BCUT2D eigenvalue weighted by atomic mass is 10.1. The van der Waals surface area contributed by atoms with Gasteiger partial charge in [-0.3, -0.25) is 0 Å². The third-order valence-electron chi connectivity index (χ3n) is 3.72. The molecule has 1 aromatic carbocycles. The number of nitrogens with one attached hydrogen (secondary N) is 1. The molecule has 19 heavy (non-hydrogen) atoms. The predicted molar refractivity (Wildman–Crippen MR) is 84.1 cm³/mol. The van der Waals surface area contributed by atoms with E-state index in [4.69, 9.17) is 11.6 Å². The molecule has 1 saturated carbocycles. The molecule has 1 aliphatic carbocycles. The van der Waals surface area contributed by atoms with Crippen molar-refractivity contribution in [2.24, 2.45) is 0 Å². The fourth-order valence-corrected chi connectivity index (χ4v) is 2.48. The molecule has 1 N–H and O–H groups in total. The number of rotatable bonds is 8. The van der Waals surface area contributed by atoms with E-state index in [0.29, 0.717) is 0 Å². The summed E-state index contributed by atoms with van der Waals surface area (Å²) >= 11 is 6.40. The van der Waals surface area contributed by atoms with E-state index < -0.39 is 0 Å². The van der Waals surface area contributed by atoms with Gasteiger partial charge in [0.15, 0.2) is 0 Å². The van der Waals surface area contributed by atoms with Gasteiger partial charge in [-0.1, -0.05) is 31.0 Å². The summed E-state index contributed by atoms with van der Waals surface area (Å²) in [7, 11) is 0. The van der Waals surface area contributed by atoms with Gasteiger partial charge >= 0.3 is 0 Å². The Labute approximate surface area is 122 Å². The van der Waals surface area contributed by atoms with Gasteiger partial charge in [0, 0.05) is 36.4 Å². The Kier molecular flexibility index (Phi) is 5.53. The molecule has 2 rings (SSSR count). The first-order chi connectivity index (χ1) is 9.24. The normalized spacial score (nSPS) is 14.7. The fraction of sp³-hybridized carbons (Fsp3) is 0.625. The van der Waals surface area contributed by atoms with E-state index in [2.05, 4.69) is 42.3 Å². The molecule has 0 radical (unpaired) electrons. The number of unbranched alkanes of at least 4 members (excludes halogenated alkanes) is 1. The molecule has 1 aromatic rings. The first-order valence-corrected chi connectivity index (χ1v) is 7.89. The molecule has 0 aromatic heterocycles. The first-order valence-electron chi connectivity index (χ1n) is 7.51. The molecule has 3 heteroatoms. The summed E-state index contributed by atoms with van der Waals surface area (Å²) in [6, 6.07) is 7.22. The standard InChI is InChI=1S/C16H25ClN2/c1-3-5-10-19(4-2)15-9-6-13(16(17)11-15)12-18-14-7-8-14/h6,9,11,14,18H,3-5,7-8,10,12H2,1-2H3. The van der Waals surface area contributed by atoms with Crippen molar-refractivity contribution in [2.45, 2.75) is 52.1 Å². The van der Waals surface area contributed by atoms with Crippen LogP contribution in [-0.4, -0.2) is 19.1 Å². The van der Waals surface area contributed by atoms with Crippen LogP contribution in [0.2, 0.25) is 5.02 Å². The molecule has 0 heterocycles. The van der Waals surface area contributed by atoms with Crippen LogP contribution in [0.25, 0.3) is 0 Å². The molecular weight excluding hydrogens is 256 g/mol. The van der Waals surface area contributed by atoms with Crippen LogP contribution < -0.4 is 10.2 Å². The maximum atomic E-state index is 6.40. The van der Waals surface area contributed by atoms with Crippen LogP contribution in [0.1, 0.15) is 45.1 Å². The minimum Gasteiger partial charge on any atom is -0.372 e. The van der Waals surface area contributed by atoms with E-state index in [1.807, 2.05) is 0 Å². The fourth-order valence-electron chi connectivity index (χ4n) is 2.24. The smallest absolute Gasteiger partial charge is 0.0471 e. The van der Waals surface area contributed by atoms with Crippen molar-refractivity contribution in [3.63, 3.8) is 0 Å². The Morgan fingerprint density at radius 2 is 2.11 bits per heavy atom. The van der Waals surface area contributed by atoms with Gasteiger partial charge in [-0.05, 0) is 43.9 Å². The number of nitrogens with zero attached hydrogens (tertiary/aromatic N) is 1. The third kappa shape index (κ3) is 4.39. The molecular formula is C16H25ClN2. The Balaban J connectivity index is 1.98. The largest absolute Gasteiger partial charge is 0.372 e. The van der Waals surface area contributed by atoms with Gasteiger partial charge < -0.3 is 10.2 Å². The highest BCUT2D eigenvalue weighted by molar-refractivity contribution is 6.31. The highest BCUT2D eigenvalue weighted by Crippen LogP contribution is 2.25. The molecule has 0 saturated heterocycles. The van der Waals surface area contributed by atoms with Crippen LogP contribution in [0.5, 0.6) is 0 Å². The minimum absolute atomic E-state index is 0.729. The van der Waals surface area contributed by atoms with Crippen molar-refractivity contribution in [1.29, 1.82) is 0 Å². The molecule has 1 aliphatic rings. The van der Waals surface area contributed by atoms with E-state index >= 15 is 0 Å². The van der Waals surface area contributed by atoms with Crippen molar-refractivity contribution in [1.82, 2.24) is 5.32 Å². The summed E-state index contributed by atoms with van der Waals surface area (Å²) in [5, 5.41) is 4.40. The number of hydrogen-bond acceptors (Lipinski definition) is 2. The van der Waals surface area contributed by atoms with Crippen molar-refractivity contribution in [2.75, 3.05) is 18.0 Å². The lowest BCUT2D eigenvalue weighted by Gasteiger charge is -2.23. The van der Waals surface area contributed by atoms with Gasteiger partial charge in [0.25, 0.3) is 0 Å². The number of anilines is 1. The summed E-state index contributed by atoms with van der Waals surface area (Å²) in [6.45, 7) is 7.48. The molecule has 0 aliphatic heterocycles. The molecule has 0 atom stereocenters. The van der Waals surface area contributed by atoms with Gasteiger partial charge in [0.1, 0.15) is 0 Å². The van der Waals surface area contributed by atoms with Gasteiger partial charge in [0.05, 0.1) is 0 Å². The van der Waals surface area contributed by atoms with Crippen LogP contribution in [0, 0.1) is 0 Å². The van der Waals surface area contributed by atoms with E-state index in [1.165, 1.54) is 36.9 Å². The van der Waals surface area contributed by atoms with Crippen LogP contribution in [0.4, 0.5) is 5.69 Å². The zero-order valence-corrected chi connectivity index (χ0v) is 12.8. The Morgan fingerprint density at radius 1 is 1.32 bits per heavy atom. The summed E-state index contributed by atoms with van der Waals surface area (Å²) < 4.78 is 0. The van der Waals surface area contributed by atoms with Crippen molar-refractivity contribution in [3.05, 3.63) is 28.8 Å². The molecule has 0 amide bonds. The lowest BCUT2D eigenvalue weighted by Crippen LogP contribution is -2.24. The molecule has 2 nitrogen and oxygen atoms in total. The third-order valence-corrected chi connectivity index (χ3v) is 4.08. The van der Waals surface area contributed by atoms with Gasteiger partial charge in [-0.2, -0.15) is 0 Å². The lowest BCUT2D eigenvalue weighted by molar-refractivity contribution is 0.687. The second-order valence-corrected chi connectivity index (χ2v) is 5.77. The Morgan fingerprint density at radius 3 is 2.68 bits per heavy atom. The van der Waals surface area contributed by atoms with E-state index in [-0.39, 0.29) is 0 Å². The average Bonchev–Trinajstić information content (AvgIpc) is 3.23. The van der Waals surface area contributed by atoms with Crippen molar-refractivity contribution in [3.8, 4) is 0 Å². The monoisotopic (exact) mass is 280 g/mol. The molecule has 0 bridgehead atoms. The summed E-state index contributed by atoms with van der Waals surface area (Å²) in [5.74, 6) is 0. The molecule has 1 fully saturated rings. The van der Waals surface area contributed by atoms with Gasteiger partial charge in [0.2, 0.25) is 0 Å². The Bertz CT molecular complexity index is 402. The quantitative estimate of drug-likeness (QED) is 0.767. The van der Waals surface area contributed by atoms with Crippen molar-refractivity contribution >= 4 is 17.3 Å². The summed E-state index contributed by atoms with van der Waals surface area (Å²) in [5.41, 5.74) is 2.46. The number of benzene rings is 1. The van der Waals surface area contributed by atoms with Gasteiger partial charge in [-0.25, -0.2) is 0 Å². The highest BCUT2D eigenvalue weighted by atomic mass is 35.5. The van der Waals surface area contributed by atoms with E-state index in [1.54, 1.807) is 0 Å². The zero-order chi connectivity index (χ0) is 13.7. The molecule has 0 spiro atoms. The first kappa shape index (κ1) is 14.7. The molecule has 0 unspecified atom stereocenters. The minimum atomic E-state index is 0.729. The van der Waals surface area contributed by atoms with Crippen LogP contribution in [0.3, 0.4) is 0 Å². The molecule has 106 valence electrons. The second-order valence-electron chi connectivity index (χ2n) is 5.36. The zero-order valence-electron chi connectivity index (χ0n) is 12.1. The SMILES string of the molecule is CCCCN(CC)c1ccc(CNC2CC2)c(Cl)c1. The van der Waals surface area contributed by atoms with E-state index in [0.717, 1.165) is 30.7 Å². The maximum Gasteiger partial charge on any atom is 0.0471 e. The van der Waals surface area contributed by atoms with Crippen LogP contribution in [-0.2, 0) is 6.54 Å². The van der Waals surface area contributed by atoms with Crippen LogP contribution in [0.15, 0.2) is 18.2 Å².